The second-order valence-corrected chi connectivity index (χ2v) is 35.4. The molecule has 141 heavy (non-hydrogen) atoms. The van der Waals surface area contributed by atoms with E-state index in [-0.39, 0.29) is 45.2 Å². The molecule has 0 radical (unpaired) electrons. The monoisotopic (exact) mass is 1980 g/mol. The van der Waals surface area contributed by atoms with Gasteiger partial charge in [0.2, 0.25) is 35.4 Å². The molecule has 0 bridgehead atoms. The topological polar surface area (TPSA) is 450 Å². The van der Waals surface area contributed by atoms with Crippen LogP contribution >= 0.6 is 27.5 Å². The summed E-state index contributed by atoms with van der Waals surface area (Å²) in [5.74, 6) is 1.55. The van der Waals surface area contributed by atoms with Crippen LogP contribution in [0.25, 0.3) is 62.7 Å². The fraction of sp³-hybridized carbons (Fsp3) is 0.284. The molecular weight excluding hydrogens is 1870 g/mol. The summed E-state index contributed by atoms with van der Waals surface area (Å²) in [5.41, 5.74) is 81.7. The molecule has 0 heterocycles. The molecule has 32 heteroatoms. The van der Waals surface area contributed by atoms with Gasteiger partial charge in [0.15, 0.2) is 0 Å². The van der Waals surface area contributed by atoms with Crippen molar-refractivity contribution in [3.8, 4) is 34.5 Å². The number of hydrogen-bond acceptors (Lipinski definition) is 12. The van der Waals surface area contributed by atoms with Crippen LogP contribution in [0.4, 0.5) is 0 Å². The van der Waals surface area contributed by atoms with Gasteiger partial charge in [0.1, 0.15) is 74.1 Å². The molecule has 1 aliphatic carbocycles. The Kier molecular flexibility index (Phi) is 41.6. The molecule has 1 saturated carbocycles. The molecule has 1 fully saturated rings. The minimum absolute atomic E-state index is 0.116. The van der Waals surface area contributed by atoms with Gasteiger partial charge in [-0.2, -0.15) is 0 Å². The number of amides is 6. The van der Waals surface area contributed by atoms with Gasteiger partial charge < -0.3 is 28.4 Å². The van der Waals surface area contributed by atoms with E-state index in [0.717, 1.165) is 164 Å². The van der Waals surface area contributed by atoms with Crippen LogP contribution in [-0.4, -0.2) is 35.4 Å². The maximum Gasteiger partial charge on any atom is 0.249 e. The molecule has 30 nitrogen and oxygen atoms in total. The van der Waals surface area contributed by atoms with Crippen LogP contribution in [0.2, 0.25) is 5.02 Å². The Labute approximate surface area is 833 Å². The van der Waals surface area contributed by atoms with E-state index in [9.17, 15) is 28.8 Å². The highest BCUT2D eigenvalue weighted by atomic mass is 79.9. The highest BCUT2D eigenvalue weighted by Gasteiger charge is 2.29. The van der Waals surface area contributed by atoms with Crippen molar-refractivity contribution in [1.82, 2.24) is 0 Å². The Morgan fingerprint density at radius 1 is 0.277 bits per heavy atom. The van der Waals surface area contributed by atoms with Crippen LogP contribution in [0.1, 0.15) is 244 Å². The van der Waals surface area contributed by atoms with E-state index in [2.05, 4.69) is 148 Å². The summed E-state index contributed by atoms with van der Waals surface area (Å²) >= 11 is 9.59. The predicted octanol–water partition coefficient (Wildman–Crippen LogP) is 31.3. The first-order valence-electron chi connectivity index (χ1n) is 45.0. The maximum absolute atomic E-state index is 12.2. The predicted molar refractivity (Wildman–Crippen MR) is 553 cm³/mol. The van der Waals surface area contributed by atoms with Crippen LogP contribution in [-0.2, 0) is 46.1 Å². The first-order valence-corrected chi connectivity index (χ1v) is 46.2. The van der Waals surface area contributed by atoms with Crippen molar-refractivity contribution in [3.05, 3.63) is 443 Å². The molecule has 12 aromatic rings. The highest BCUT2D eigenvalue weighted by Crippen LogP contribution is 2.43. The van der Waals surface area contributed by atoms with E-state index in [0.29, 0.717) is 49.9 Å². The smallest absolute Gasteiger partial charge is 0.249 e. The van der Waals surface area contributed by atoms with Gasteiger partial charge in [0.25, 0.3) is 0 Å². The van der Waals surface area contributed by atoms with E-state index >= 15 is 0 Å². The summed E-state index contributed by atoms with van der Waals surface area (Å²) in [7, 11) is 0. The third-order valence-electron chi connectivity index (χ3n) is 24.1. The molecule has 1 aliphatic rings. The van der Waals surface area contributed by atoms with Crippen LogP contribution in [0.15, 0.2) is 217 Å². The van der Waals surface area contributed by atoms with Crippen molar-refractivity contribution in [2.75, 3.05) is 0 Å². The van der Waals surface area contributed by atoms with Crippen molar-refractivity contribution in [1.29, 1.82) is 0 Å². The number of halogens is 2. The number of nitrogens with zero attached hydrogens (tertiary/aromatic N) is 18. The zero-order valence-electron chi connectivity index (χ0n) is 83.0. The van der Waals surface area contributed by atoms with Crippen LogP contribution < -0.4 is 28.4 Å². The van der Waals surface area contributed by atoms with Crippen molar-refractivity contribution in [3.63, 3.8) is 0 Å². The minimum Gasteiger partial charge on any atom is -0.489 e. The molecule has 0 atom stereocenters. The number of benzene rings is 12. The number of rotatable bonds is 26. The molecule has 0 unspecified atom stereocenters. The molecule has 13 rings (SSSR count). The van der Waals surface area contributed by atoms with E-state index in [1.165, 1.54) is 38.9 Å². The first-order chi connectivity index (χ1) is 67.2. The lowest BCUT2D eigenvalue weighted by Crippen LogP contribution is -2.08. The van der Waals surface area contributed by atoms with Gasteiger partial charge in [0, 0.05) is 106 Å². The molecule has 0 spiro atoms. The second-order valence-electron chi connectivity index (χ2n) is 34.1. The van der Waals surface area contributed by atoms with E-state index < -0.39 is 35.4 Å². The molecular formula is C109H112BrClN18O12. The summed E-state index contributed by atoms with van der Waals surface area (Å²) in [5, 5.41) is 19.5. The Morgan fingerprint density at radius 2 is 0.496 bits per heavy atom. The molecule has 6 amide bonds. The van der Waals surface area contributed by atoms with Gasteiger partial charge >= 0.3 is 0 Å². The summed E-state index contributed by atoms with van der Waals surface area (Å²) in [6.45, 7) is 43.7. The van der Waals surface area contributed by atoms with Crippen molar-refractivity contribution >= 4 is 63.0 Å². The number of hydrogen-bond donors (Lipinski definition) is 0. The quantitative estimate of drug-likeness (QED) is 0.0277. The summed E-state index contributed by atoms with van der Waals surface area (Å²) < 4.78 is 36.3. The first kappa shape index (κ1) is 110. The fourth-order valence-electron chi connectivity index (χ4n) is 15.1. The molecule has 12 aromatic carbocycles. The maximum atomic E-state index is 12.2. The van der Waals surface area contributed by atoms with Crippen molar-refractivity contribution in [2.45, 2.75) is 210 Å². The molecule has 724 valence electrons. The lowest BCUT2D eigenvalue weighted by atomic mass is 9.97. The summed E-state index contributed by atoms with van der Waals surface area (Å²) in [6, 6.07) is 56.1. The third kappa shape index (κ3) is 30.8. The summed E-state index contributed by atoms with van der Waals surface area (Å²) in [4.78, 5) is 87.2. The van der Waals surface area contributed by atoms with Crippen molar-refractivity contribution < 1.29 is 57.2 Å². The van der Waals surface area contributed by atoms with Crippen LogP contribution in [0.5, 0.6) is 34.5 Å². The van der Waals surface area contributed by atoms with Gasteiger partial charge in [0.05, 0.1) is 0 Å². The Balaban J connectivity index is 0.000000207. The Hall–Kier alpha value is -15.9. The van der Waals surface area contributed by atoms with E-state index in [1.807, 2.05) is 183 Å². The van der Waals surface area contributed by atoms with Crippen molar-refractivity contribution in [2.24, 2.45) is 30.7 Å². The fourth-order valence-corrected chi connectivity index (χ4v) is 15.8. The van der Waals surface area contributed by atoms with Gasteiger partial charge in [-0.15, -0.1) is 0 Å². The zero-order valence-corrected chi connectivity index (χ0v) is 85.3. The van der Waals surface area contributed by atoms with Crippen LogP contribution in [0.3, 0.4) is 0 Å². The van der Waals surface area contributed by atoms with Gasteiger partial charge in [-0.1, -0.05) is 168 Å². The number of carbonyl (C=O) groups is 6. The third-order valence-corrected chi connectivity index (χ3v) is 25.2. The molecule has 0 aromatic heterocycles. The SMILES string of the molecule is CCc1cccc(C(=O)N=[N+]=[N-])c1COc1cc(C)c(C)cc1C.Cc1cc(C)c(OCc2c(Br)cccc2C(=O)N=[N+]=[N-])cc1C.Cc1cc(C)c(OCc2c(C(=O)N=[N+]=[N-])cccc2C2CC2)cc1C.Cc1cc(C)c(OCc2c(C)cccc2C(=O)N=[N+]=[N-])cc1C.Cc1cc(C)c(OCc2c(C)cccc2C(=O)N=[N+]=[N-])cc1C.Cc1cc(C)c(OCc2c(Cl)cccc2C(=O)N=[N+]=[N-])cc1C. The van der Waals surface area contributed by atoms with Gasteiger partial charge in [-0.25, -0.2) is 0 Å². The van der Waals surface area contributed by atoms with Crippen LogP contribution in [0, 0.1) is 138 Å². The number of azide groups is 6. The van der Waals surface area contributed by atoms with E-state index in [4.69, 9.17) is 73.2 Å². The second kappa shape index (κ2) is 53.1. The molecule has 0 aliphatic heterocycles. The highest BCUT2D eigenvalue weighted by molar-refractivity contribution is 9.10. The van der Waals surface area contributed by atoms with Gasteiger partial charge in [-0.3, -0.25) is 28.8 Å². The zero-order chi connectivity index (χ0) is 104. The standard InChI is InChI=1S/C20H21N3O2.C19H21N3O2.2C18H19N3O2.C17H16BrN3O2.C17H16ClN3O2/c1-12-9-14(3)19(10-13(12)2)25-11-18-16(15-7-8-15)5-4-6-17(18)20(24)22-23-21;1-5-15-7-6-8-16(19(23)21-22-20)17(15)11-24-18-10-13(3)12(2)9-14(18)4;2*1-11-6-5-7-15(18(22)20-21-19)16(11)10-23-17-9-13(3)12(2)8-14(17)4;2*1-10-7-12(3)16(8-11(10)2)23-9-14-13(17(22)20-21-19)5-4-6-15(14)18/h4-6,9-10,15H,7-8,11H2,1-3H3;6-10H,5,11H2,1-4H3;2*5-9H,10H2,1-4H3;2*4-8H,9H2,1-3H3. The minimum atomic E-state index is -0.676. The number of ether oxygens (including phenoxy) is 6. The molecule has 0 N–H and O–H groups in total. The lowest BCUT2D eigenvalue weighted by molar-refractivity contribution is 0.0989. The Bertz CT molecular complexity index is 6550. The summed E-state index contributed by atoms with van der Waals surface area (Å²) in [6.07, 6.45) is 3.01. The van der Waals surface area contributed by atoms with Gasteiger partial charge in [-0.05, 0) is 398 Å². The normalized spacial score (nSPS) is 10.7. The number of aryl methyl sites for hydroxylation is 21. The largest absolute Gasteiger partial charge is 0.489 e. The lowest BCUT2D eigenvalue weighted by Gasteiger charge is -2.16. The average molecular weight is 1980 g/mol. The Morgan fingerprint density at radius 3 is 0.787 bits per heavy atom. The molecule has 0 saturated heterocycles. The number of carbonyl (C=O) groups excluding carboxylic acids is 6. The average Bonchev–Trinajstić information content (AvgIpc) is 1.68. The van der Waals surface area contributed by atoms with E-state index in [1.54, 1.807) is 72.8 Å².